The third-order valence-corrected chi connectivity index (χ3v) is 3.47. The highest BCUT2D eigenvalue weighted by atomic mass is 16.2. The Morgan fingerprint density at radius 3 is 2.94 bits per heavy atom. The fourth-order valence-corrected chi connectivity index (χ4v) is 2.56. The standard InChI is InChI=1S/C15H22N2O/c1-3-16-14-9-5-4-8-13(14)15(18)17-10-6-7-12(2)11-17/h4-5,8-9,12,16H,3,6-7,10-11H2,1-2H3. The minimum atomic E-state index is 0.165. The van der Waals surface area contributed by atoms with Crippen molar-refractivity contribution in [3.8, 4) is 0 Å². The molecule has 1 aromatic carbocycles. The zero-order chi connectivity index (χ0) is 13.0. The molecule has 1 aliphatic heterocycles. The summed E-state index contributed by atoms with van der Waals surface area (Å²) in [6.07, 6.45) is 2.36. The van der Waals surface area contributed by atoms with Gasteiger partial charge in [0.2, 0.25) is 0 Å². The molecule has 1 atom stereocenters. The van der Waals surface area contributed by atoms with Crippen LogP contribution in [0.1, 0.15) is 37.0 Å². The minimum absolute atomic E-state index is 0.165. The third-order valence-electron chi connectivity index (χ3n) is 3.47. The first-order valence-electron chi connectivity index (χ1n) is 6.84. The quantitative estimate of drug-likeness (QED) is 0.889. The Morgan fingerprint density at radius 1 is 1.44 bits per heavy atom. The molecule has 1 amide bonds. The number of hydrogen-bond donors (Lipinski definition) is 1. The van der Waals surface area contributed by atoms with E-state index in [1.54, 1.807) is 0 Å². The van der Waals surface area contributed by atoms with Crippen LogP contribution in [-0.2, 0) is 0 Å². The highest BCUT2D eigenvalue weighted by Gasteiger charge is 2.23. The number of piperidine rings is 1. The van der Waals surface area contributed by atoms with Crippen LogP contribution in [-0.4, -0.2) is 30.4 Å². The SMILES string of the molecule is CCNc1ccccc1C(=O)N1CCCC(C)C1. The molecule has 18 heavy (non-hydrogen) atoms. The van der Waals surface area contributed by atoms with Crippen molar-refractivity contribution < 1.29 is 4.79 Å². The van der Waals surface area contributed by atoms with Gasteiger partial charge in [-0.25, -0.2) is 0 Å². The molecule has 1 aliphatic rings. The van der Waals surface area contributed by atoms with E-state index >= 15 is 0 Å². The summed E-state index contributed by atoms with van der Waals surface area (Å²) in [7, 11) is 0. The van der Waals surface area contributed by atoms with Crippen LogP contribution in [0.5, 0.6) is 0 Å². The number of carbonyl (C=O) groups excluding carboxylic acids is 1. The molecule has 1 heterocycles. The van der Waals surface area contributed by atoms with Gasteiger partial charge in [-0.15, -0.1) is 0 Å². The molecule has 1 N–H and O–H groups in total. The van der Waals surface area contributed by atoms with E-state index in [0.717, 1.165) is 37.3 Å². The summed E-state index contributed by atoms with van der Waals surface area (Å²) >= 11 is 0. The zero-order valence-electron chi connectivity index (χ0n) is 11.3. The van der Waals surface area contributed by atoms with Crippen LogP contribution >= 0.6 is 0 Å². The van der Waals surface area contributed by atoms with Gasteiger partial charge in [0.25, 0.3) is 5.91 Å². The van der Waals surface area contributed by atoms with Crippen molar-refractivity contribution in [3.63, 3.8) is 0 Å². The average Bonchev–Trinajstić information content (AvgIpc) is 2.39. The van der Waals surface area contributed by atoms with Crippen molar-refractivity contribution in [1.29, 1.82) is 0 Å². The molecule has 1 aromatic rings. The van der Waals surface area contributed by atoms with Gasteiger partial charge in [-0.3, -0.25) is 4.79 Å². The van der Waals surface area contributed by atoms with Crippen molar-refractivity contribution in [3.05, 3.63) is 29.8 Å². The van der Waals surface area contributed by atoms with Gasteiger partial charge in [0, 0.05) is 25.3 Å². The number of nitrogens with zero attached hydrogens (tertiary/aromatic N) is 1. The monoisotopic (exact) mass is 246 g/mol. The average molecular weight is 246 g/mol. The molecular formula is C15H22N2O. The smallest absolute Gasteiger partial charge is 0.255 e. The van der Waals surface area contributed by atoms with Crippen molar-refractivity contribution >= 4 is 11.6 Å². The molecule has 0 bridgehead atoms. The molecular weight excluding hydrogens is 224 g/mol. The van der Waals surface area contributed by atoms with Gasteiger partial charge in [0.1, 0.15) is 0 Å². The van der Waals surface area contributed by atoms with Crippen LogP contribution < -0.4 is 5.32 Å². The summed E-state index contributed by atoms with van der Waals surface area (Å²) in [5, 5.41) is 3.26. The first-order valence-corrected chi connectivity index (χ1v) is 6.84. The Kier molecular flexibility index (Phi) is 4.24. The van der Waals surface area contributed by atoms with Crippen molar-refractivity contribution in [1.82, 2.24) is 4.90 Å². The van der Waals surface area contributed by atoms with E-state index in [2.05, 4.69) is 12.2 Å². The summed E-state index contributed by atoms with van der Waals surface area (Å²) in [5.74, 6) is 0.784. The van der Waals surface area contributed by atoms with Gasteiger partial charge in [-0.1, -0.05) is 19.1 Å². The van der Waals surface area contributed by atoms with Crippen LogP contribution in [0.4, 0.5) is 5.69 Å². The molecule has 0 radical (unpaired) electrons. The second-order valence-corrected chi connectivity index (χ2v) is 5.07. The second kappa shape index (κ2) is 5.89. The number of amides is 1. The topological polar surface area (TPSA) is 32.3 Å². The van der Waals surface area contributed by atoms with Crippen LogP contribution in [0.2, 0.25) is 0 Å². The fourth-order valence-electron chi connectivity index (χ4n) is 2.56. The third kappa shape index (κ3) is 2.84. The van der Waals surface area contributed by atoms with Crippen molar-refractivity contribution in [2.45, 2.75) is 26.7 Å². The Labute approximate surface area is 109 Å². The lowest BCUT2D eigenvalue weighted by Crippen LogP contribution is -2.39. The first-order chi connectivity index (χ1) is 8.72. The van der Waals surface area contributed by atoms with E-state index in [9.17, 15) is 4.79 Å². The van der Waals surface area contributed by atoms with Crippen LogP contribution in [0.15, 0.2) is 24.3 Å². The molecule has 0 spiro atoms. The van der Waals surface area contributed by atoms with E-state index in [-0.39, 0.29) is 5.91 Å². The van der Waals surface area contributed by atoms with Gasteiger partial charge in [0.15, 0.2) is 0 Å². The van der Waals surface area contributed by atoms with Crippen LogP contribution in [0.25, 0.3) is 0 Å². The van der Waals surface area contributed by atoms with Gasteiger partial charge in [-0.2, -0.15) is 0 Å². The summed E-state index contributed by atoms with van der Waals surface area (Å²) in [6, 6.07) is 7.79. The number of para-hydroxylation sites is 1. The van der Waals surface area contributed by atoms with E-state index in [1.807, 2.05) is 36.1 Å². The predicted molar refractivity (Wildman–Crippen MR) is 74.9 cm³/mol. The number of likely N-dealkylation sites (tertiary alicyclic amines) is 1. The maximum Gasteiger partial charge on any atom is 0.255 e. The number of benzene rings is 1. The van der Waals surface area contributed by atoms with Gasteiger partial charge < -0.3 is 10.2 Å². The highest BCUT2D eigenvalue weighted by Crippen LogP contribution is 2.21. The number of anilines is 1. The normalized spacial score (nSPS) is 19.7. The zero-order valence-corrected chi connectivity index (χ0v) is 11.3. The number of nitrogens with one attached hydrogen (secondary N) is 1. The Hall–Kier alpha value is -1.51. The Bertz CT molecular complexity index is 417. The largest absolute Gasteiger partial charge is 0.385 e. The van der Waals surface area contributed by atoms with E-state index < -0.39 is 0 Å². The number of hydrogen-bond acceptors (Lipinski definition) is 2. The van der Waals surface area contributed by atoms with E-state index in [0.29, 0.717) is 5.92 Å². The molecule has 1 saturated heterocycles. The fraction of sp³-hybridized carbons (Fsp3) is 0.533. The molecule has 0 aliphatic carbocycles. The maximum atomic E-state index is 12.5. The van der Waals surface area contributed by atoms with Gasteiger partial charge in [0.05, 0.1) is 5.56 Å². The van der Waals surface area contributed by atoms with Crippen molar-refractivity contribution in [2.24, 2.45) is 5.92 Å². The highest BCUT2D eigenvalue weighted by molar-refractivity contribution is 5.99. The van der Waals surface area contributed by atoms with Gasteiger partial charge >= 0.3 is 0 Å². The molecule has 0 saturated carbocycles. The molecule has 2 rings (SSSR count). The molecule has 3 nitrogen and oxygen atoms in total. The van der Waals surface area contributed by atoms with Gasteiger partial charge in [-0.05, 0) is 37.8 Å². The Balaban J connectivity index is 2.17. The van der Waals surface area contributed by atoms with E-state index in [1.165, 1.54) is 6.42 Å². The number of rotatable bonds is 3. The molecule has 3 heteroatoms. The molecule has 98 valence electrons. The lowest BCUT2D eigenvalue weighted by Gasteiger charge is -2.31. The van der Waals surface area contributed by atoms with Crippen LogP contribution in [0.3, 0.4) is 0 Å². The van der Waals surface area contributed by atoms with Crippen LogP contribution in [0, 0.1) is 5.92 Å². The molecule has 0 aromatic heterocycles. The summed E-state index contributed by atoms with van der Waals surface area (Å²) in [5.41, 5.74) is 1.75. The van der Waals surface area contributed by atoms with E-state index in [4.69, 9.17) is 0 Å². The molecule has 1 fully saturated rings. The summed E-state index contributed by atoms with van der Waals surface area (Å²) in [6.45, 7) is 6.88. The lowest BCUT2D eigenvalue weighted by molar-refractivity contribution is 0.0684. The first kappa shape index (κ1) is 12.9. The maximum absolute atomic E-state index is 12.5. The lowest BCUT2D eigenvalue weighted by atomic mass is 9.99. The summed E-state index contributed by atoms with van der Waals surface area (Å²) < 4.78 is 0. The Morgan fingerprint density at radius 2 is 2.22 bits per heavy atom. The predicted octanol–water partition coefficient (Wildman–Crippen LogP) is 2.99. The van der Waals surface area contributed by atoms with Crippen molar-refractivity contribution in [2.75, 3.05) is 25.0 Å². The second-order valence-electron chi connectivity index (χ2n) is 5.07. The molecule has 1 unspecified atom stereocenters. The minimum Gasteiger partial charge on any atom is -0.385 e. The summed E-state index contributed by atoms with van der Waals surface area (Å²) in [4.78, 5) is 14.5. The number of carbonyl (C=O) groups is 1.